The van der Waals surface area contributed by atoms with Gasteiger partial charge in [-0.1, -0.05) is 12.1 Å². The van der Waals surface area contributed by atoms with Gasteiger partial charge in [0.1, 0.15) is 29.9 Å². The van der Waals surface area contributed by atoms with Gasteiger partial charge >= 0.3 is 0 Å². The number of hydrogen-bond donors (Lipinski definition) is 2. The van der Waals surface area contributed by atoms with E-state index in [2.05, 4.69) is 20.5 Å². The number of nitrogens with one attached hydrogen (secondary N) is 1. The smallest absolute Gasteiger partial charge is 0.274 e. The monoisotopic (exact) mass is 295 g/mol. The largest absolute Gasteiger partial charge is 0.506 e. The highest BCUT2D eigenvalue weighted by molar-refractivity contribution is 6.03. The van der Waals surface area contributed by atoms with E-state index in [4.69, 9.17) is 0 Å². The molecule has 2 N–H and O–H groups in total. The van der Waals surface area contributed by atoms with E-state index in [1.807, 2.05) is 6.92 Å². The Bertz CT molecular complexity index is 815. The Hall–Kier alpha value is -3.22. The zero-order chi connectivity index (χ0) is 15.5. The van der Waals surface area contributed by atoms with Crippen LogP contribution in [0.25, 0.3) is 5.82 Å². The number of anilines is 1. The number of nitrogens with zero attached hydrogens (tertiary/aromatic N) is 4. The molecule has 0 unspecified atom stereocenters. The third-order valence-corrected chi connectivity index (χ3v) is 3.05. The Kier molecular flexibility index (Phi) is 3.53. The Labute approximate surface area is 126 Å². The minimum atomic E-state index is -0.408. The summed E-state index contributed by atoms with van der Waals surface area (Å²) in [5.41, 5.74) is 1.47. The van der Waals surface area contributed by atoms with Crippen LogP contribution in [0.4, 0.5) is 5.69 Å². The van der Waals surface area contributed by atoms with Crippen molar-refractivity contribution >= 4 is 11.6 Å². The first kappa shape index (κ1) is 13.7. The average Bonchev–Trinajstić information content (AvgIpc) is 3.04. The molecule has 0 aliphatic heterocycles. The number of rotatable bonds is 3. The molecule has 1 amide bonds. The van der Waals surface area contributed by atoms with Crippen LogP contribution in [0.1, 0.15) is 16.1 Å². The van der Waals surface area contributed by atoms with E-state index >= 15 is 0 Å². The quantitative estimate of drug-likeness (QED) is 0.720. The molecule has 0 radical (unpaired) electrons. The van der Waals surface area contributed by atoms with Gasteiger partial charge in [-0.05, 0) is 36.8 Å². The molecule has 0 spiro atoms. The molecule has 0 saturated carbocycles. The molecular formula is C15H13N5O2. The normalized spacial score (nSPS) is 10.4. The fourth-order valence-electron chi connectivity index (χ4n) is 1.95. The van der Waals surface area contributed by atoms with Crippen molar-refractivity contribution in [3.8, 4) is 11.6 Å². The number of pyridine rings is 1. The topological polar surface area (TPSA) is 92.9 Å². The van der Waals surface area contributed by atoms with Gasteiger partial charge in [-0.15, -0.1) is 10.2 Å². The summed E-state index contributed by atoms with van der Waals surface area (Å²) in [5.74, 6) is 0.142. The minimum Gasteiger partial charge on any atom is -0.506 e. The Morgan fingerprint density at radius 3 is 2.68 bits per heavy atom. The lowest BCUT2D eigenvalue weighted by Gasteiger charge is -2.08. The molecule has 110 valence electrons. The van der Waals surface area contributed by atoms with Gasteiger partial charge in [0.2, 0.25) is 0 Å². The van der Waals surface area contributed by atoms with Gasteiger partial charge in [-0.25, -0.2) is 4.98 Å². The number of hydrogen-bond acceptors (Lipinski definition) is 5. The molecule has 0 atom stereocenters. The van der Waals surface area contributed by atoms with E-state index in [0.29, 0.717) is 11.5 Å². The molecule has 7 nitrogen and oxygen atoms in total. The van der Waals surface area contributed by atoms with E-state index in [1.165, 1.54) is 12.7 Å². The summed E-state index contributed by atoms with van der Waals surface area (Å²) in [6.07, 6.45) is 2.99. The molecule has 0 aliphatic carbocycles. The van der Waals surface area contributed by atoms with Crippen molar-refractivity contribution in [1.29, 1.82) is 0 Å². The summed E-state index contributed by atoms with van der Waals surface area (Å²) in [5, 5.41) is 19.9. The molecule has 2 aromatic heterocycles. The summed E-state index contributed by atoms with van der Waals surface area (Å²) in [6.45, 7) is 1.86. The van der Waals surface area contributed by atoms with Crippen LogP contribution in [0.3, 0.4) is 0 Å². The first-order valence-corrected chi connectivity index (χ1v) is 6.56. The van der Waals surface area contributed by atoms with Gasteiger partial charge in [0.15, 0.2) is 0 Å². The fourth-order valence-corrected chi connectivity index (χ4v) is 1.95. The van der Waals surface area contributed by atoms with Crippen molar-refractivity contribution in [2.75, 3.05) is 5.32 Å². The van der Waals surface area contributed by atoms with E-state index in [-0.39, 0.29) is 11.4 Å². The van der Waals surface area contributed by atoms with Crippen LogP contribution in [0, 0.1) is 6.92 Å². The molecule has 7 heteroatoms. The second-order valence-electron chi connectivity index (χ2n) is 4.72. The standard InChI is InChI=1S/C15H13N5O2/c1-10-5-6-11(13(21)7-10)19-15(22)12-3-2-4-14(18-12)20-8-16-17-9-20/h2-9,21H,1H3,(H,19,22). The Morgan fingerprint density at radius 2 is 1.95 bits per heavy atom. The summed E-state index contributed by atoms with van der Waals surface area (Å²) in [6, 6.07) is 10.1. The van der Waals surface area contributed by atoms with Crippen LogP contribution >= 0.6 is 0 Å². The van der Waals surface area contributed by atoms with Crippen molar-refractivity contribution in [2.45, 2.75) is 6.92 Å². The molecule has 1 aromatic carbocycles. The molecule has 22 heavy (non-hydrogen) atoms. The molecule has 3 aromatic rings. The maximum Gasteiger partial charge on any atom is 0.274 e. The summed E-state index contributed by atoms with van der Waals surface area (Å²) < 4.78 is 1.60. The number of phenols is 1. The number of aromatic nitrogens is 4. The van der Waals surface area contributed by atoms with Crippen LogP contribution in [0.2, 0.25) is 0 Å². The number of carbonyl (C=O) groups is 1. The number of amides is 1. The highest BCUT2D eigenvalue weighted by Gasteiger charge is 2.11. The summed E-state index contributed by atoms with van der Waals surface area (Å²) in [7, 11) is 0. The molecule has 0 bridgehead atoms. The van der Waals surface area contributed by atoms with Gasteiger partial charge in [0.25, 0.3) is 5.91 Å². The second kappa shape index (κ2) is 5.65. The predicted octanol–water partition coefficient (Wildman–Crippen LogP) is 1.93. The van der Waals surface area contributed by atoms with Crippen molar-refractivity contribution in [2.24, 2.45) is 0 Å². The third-order valence-electron chi connectivity index (χ3n) is 3.05. The molecule has 0 saturated heterocycles. The average molecular weight is 295 g/mol. The van der Waals surface area contributed by atoms with Crippen molar-refractivity contribution in [1.82, 2.24) is 19.7 Å². The SMILES string of the molecule is Cc1ccc(NC(=O)c2cccc(-n3cnnc3)n2)c(O)c1. The van der Waals surface area contributed by atoms with Crippen LogP contribution in [0.15, 0.2) is 49.1 Å². The summed E-state index contributed by atoms with van der Waals surface area (Å²) >= 11 is 0. The fraction of sp³-hybridized carbons (Fsp3) is 0.0667. The van der Waals surface area contributed by atoms with Crippen LogP contribution in [-0.2, 0) is 0 Å². The zero-order valence-electron chi connectivity index (χ0n) is 11.8. The molecular weight excluding hydrogens is 282 g/mol. The number of carbonyl (C=O) groups excluding carboxylic acids is 1. The number of aryl methyl sites for hydroxylation is 1. The van der Waals surface area contributed by atoms with Gasteiger partial charge in [0.05, 0.1) is 5.69 Å². The van der Waals surface area contributed by atoms with Crippen molar-refractivity contribution in [3.63, 3.8) is 0 Å². The maximum atomic E-state index is 12.2. The predicted molar refractivity (Wildman–Crippen MR) is 80.0 cm³/mol. The first-order valence-electron chi connectivity index (χ1n) is 6.56. The molecule has 2 heterocycles. The van der Waals surface area contributed by atoms with E-state index in [1.54, 1.807) is 41.0 Å². The minimum absolute atomic E-state index is 0.0170. The molecule has 3 rings (SSSR count). The molecule has 0 fully saturated rings. The Morgan fingerprint density at radius 1 is 1.18 bits per heavy atom. The lowest BCUT2D eigenvalue weighted by atomic mass is 10.2. The Balaban J connectivity index is 1.85. The number of aromatic hydroxyl groups is 1. The van der Waals surface area contributed by atoms with Gasteiger partial charge in [-0.2, -0.15) is 0 Å². The zero-order valence-corrected chi connectivity index (χ0v) is 11.8. The van der Waals surface area contributed by atoms with E-state index < -0.39 is 5.91 Å². The number of phenolic OH excluding ortho intramolecular Hbond substituents is 1. The third kappa shape index (κ3) is 2.78. The number of benzene rings is 1. The van der Waals surface area contributed by atoms with Crippen molar-refractivity contribution < 1.29 is 9.90 Å². The summed E-state index contributed by atoms with van der Waals surface area (Å²) in [4.78, 5) is 16.5. The van der Waals surface area contributed by atoms with Gasteiger partial charge in [-0.3, -0.25) is 9.36 Å². The maximum absolute atomic E-state index is 12.2. The lowest BCUT2D eigenvalue weighted by Crippen LogP contribution is -2.14. The first-order chi connectivity index (χ1) is 10.6. The van der Waals surface area contributed by atoms with Crippen LogP contribution in [0.5, 0.6) is 5.75 Å². The van der Waals surface area contributed by atoms with Gasteiger partial charge < -0.3 is 10.4 Å². The second-order valence-corrected chi connectivity index (χ2v) is 4.72. The lowest BCUT2D eigenvalue weighted by molar-refractivity contribution is 0.102. The van der Waals surface area contributed by atoms with Gasteiger partial charge in [0, 0.05) is 0 Å². The van der Waals surface area contributed by atoms with E-state index in [9.17, 15) is 9.90 Å². The highest BCUT2D eigenvalue weighted by atomic mass is 16.3. The van der Waals surface area contributed by atoms with Crippen molar-refractivity contribution in [3.05, 3.63) is 60.3 Å². The van der Waals surface area contributed by atoms with Crippen LogP contribution < -0.4 is 5.32 Å². The van der Waals surface area contributed by atoms with Crippen LogP contribution in [-0.4, -0.2) is 30.8 Å². The highest BCUT2D eigenvalue weighted by Crippen LogP contribution is 2.24. The molecule has 0 aliphatic rings. The van der Waals surface area contributed by atoms with E-state index in [0.717, 1.165) is 5.56 Å².